The number of carbonyl (C=O) groups is 1. The van der Waals surface area contributed by atoms with Gasteiger partial charge in [0.15, 0.2) is 0 Å². The van der Waals surface area contributed by atoms with Crippen LogP contribution in [0.5, 0.6) is 0 Å². The van der Waals surface area contributed by atoms with Crippen LogP contribution in [0.15, 0.2) is 12.1 Å². The molecule has 0 fully saturated rings. The second-order valence-electron chi connectivity index (χ2n) is 3.04. The fourth-order valence-electron chi connectivity index (χ4n) is 0.938. The third-order valence-corrected chi connectivity index (χ3v) is 3.29. The number of aryl methyl sites for hydroxylation is 1. The van der Waals surface area contributed by atoms with Gasteiger partial charge in [-0.1, -0.05) is 0 Å². The summed E-state index contributed by atoms with van der Waals surface area (Å²) in [5.74, 6) is -0.0662. The second-order valence-corrected chi connectivity index (χ2v) is 4.80. The van der Waals surface area contributed by atoms with Gasteiger partial charge >= 0.3 is 0 Å². The van der Waals surface area contributed by atoms with Crippen molar-refractivity contribution in [1.82, 2.24) is 4.90 Å². The Bertz CT molecular complexity index is 308. The lowest BCUT2D eigenvalue weighted by atomic mass is 10.3. The molecule has 0 aliphatic rings. The first-order valence-corrected chi connectivity index (χ1v) is 5.19. The topological polar surface area (TPSA) is 20.3 Å². The third kappa shape index (κ3) is 2.45. The van der Waals surface area contributed by atoms with Crippen molar-refractivity contribution in [3.63, 3.8) is 0 Å². The Labute approximate surface area is 87.1 Å². The Kier molecular flexibility index (Phi) is 3.33. The fourth-order valence-corrected chi connectivity index (χ4v) is 2.19. The van der Waals surface area contributed by atoms with E-state index in [2.05, 4.69) is 0 Å². The Morgan fingerprint density at radius 2 is 2.15 bits per heavy atom. The molecular weight excluding hydrogens is 206 g/mol. The molecule has 0 aliphatic carbocycles. The molecule has 4 heteroatoms. The number of amides is 1. The van der Waals surface area contributed by atoms with Gasteiger partial charge in [0, 0.05) is 23.8 Å². The number of halogens is 1. The van der Waals surface area contributed by atoms with E-state index in [4.69, 9.17) is 11.6 Å². The van der Waals surface area contributed by atoms with Crippen LogP contribution >= 0.6 is 22.9 Å². The van der Waals surface area contributed by atoms with Crippen LogP contribution in [0.4, 0.5) is 0 Å². The summed E-state index contributed by atoms with van der Waals surface area (Å²) in [4.78, 5) is 15.0. The van der Waals surface area contributed by atoms with Crippen molar-refractivity contribution >= 4 is 28.8 Å². The number of hydrogen-bond donors (Lipinski definition) is 0. The van der Waals surface area contributed by atoms with Gasteiger partial charge in [0.05, 0.1) is 0 Å². The Balaban J connectivity index is 2.79. The maximum Gasteiger partial charge on any atom is 0.245 e. The van der Waals surface area contributed by atoms with E-state index >= 15 is 0 Å². The van der Waals surface area contributed by atoms with Gasteiger partial charge in [-0.25, -0.2) is 0 Å². The van der Waals surface area contributed by atoms with Crippen molar-refractivity contribution < 1.29 is 4.79 Å². The number of carbonyl (C=O) groups excluding carboxylic acids is 1. The lowest BCUT2D eigenvalue weighted by Crippen LogP contribution is -2.25. The molecule has 1 aromatic rings. The van der Waals surface area contributed by atoms with Crippen LogP contribution in [0.1, 0.15) is 15.1 Å². The van der Waals surface area contributed by atoms with Crippen molar-refractivity contribution in [3.05, 3.63) is 21.9 Å². The number of hydrogen-bond acceptors (Lipinski definition) is 2. The zero-order valence-corrected chi connectivity index (χ0v) is 9.45. The van der Waals surface area contributed by atoms with Gasteiger partial charge in [0.1, 0.15) is 5.38 Å². The first-order chi connectivity index (χ1) is 6.02. The molecule has 0 aromatic carbocycles. The molecule has 0 bridgehead atoms. The van der Waals surface area contributed by atoms with E-state index in [0.29, 0.717) is 0 Å². The normalized spacial score (nSPS) is 12.6. The van der Waals surface area contributed by atoms with Crippen LogP contribution < -0.4 is 0 Å². The van der Waals surface area contributed by atoms with E-state index in [1.807, 2.05) is 19.1 Å². The number of rotatable bonds is 2. The number of likely N-dealkylation sites (N-methyl/N-ethyl adjacent to an activating group) is 1. The summed E-state index contributed by atoms with van der Waals surface area (Å²) in [6.45, 7) is 2.00. The smallest absolute Gasteiger partial charge is 0.245 e. The summed E-state index contributed by atoms with van der Waals surface area (Å²) in [5, 5.41) is -0.534. The third-order valence-electron chi connectivity index (χ3n) is 1.67. The van der Waals surface area contributed by atoms with Crippen LogP contribution in [0, 0.1) is 6.92 Å². The molecule has 72 valence electrons. The molecule has 1 atom stereocenters. The number of alkyl halides is 1. The zero-order valence-electron chi connectivity index (χ0n) is 7.87. The lowest BCUT2D eigenvalue weighted by molar-refractivity contribution is -0.128. The Hall–Kier alpha value is -0.540. The van der Waals surface area contributed by atoms with Gasteiger partial charge in [0.25, 0.3) is 0 Å². The summed E-state index contributed by atoms with van der Waals surface area (Å²) in [6.07, 6.45) is 0. The zero-order chi connectivity index (χ0) is 10.0. The molecule has 0 radical (unpaired) electrons. The highest BCUT2D eigenvalue weighted by atomic mass is 35.5. The largest absolute Gasteiger partial charge is 0.347 e. The summed E-state index contributed by atoms with van der Waals surface area (Å²) in [7, 11) is 3.41. The standard InChI is InChI=1S/C9H12ClNOS/c1-6-4-5-7(13-6)8(10)9(12)11(2)3/h4-5,8H,1-3H3. The molecule has 13 heavy (non-hydrogen) atoms. The quantitative estimate of drug-likeness (QED) is 0.697. The number of thiophene rings is 1. The molecule has 1 unspecified atom stereocenters. The van der Waals surface area contributed by atoms with Crippen molar-refractivity contribution in [1.29, 1.82) is 0 Å². The van der Waals surface area contributed by atoms with Crippen LogP contribution in [0.25, 0.3) is 0 Å². The molecular formula is C9H12ClNOS. The number of nitrogens with zero attached hydrogens (tertiary/aromatic N) is 1. The van der Waals surface area contributed by atoms with E-state index in [-0.39, 0.29) is 5.91 Å². The van der Waals surface area contributed by atoms with Crippen LogP contribution in [0.3, 0.4) is 0 Å². The average Bonchev–Trinajstić information content (AvgIpc) is 2.49. The summed E-state index contributed by atoms with van der Waals surface area (Å²) in [6, 6.07) is 3.87. The molecule has 1 rings (SSSR count). The van der Waals surface area contributed by atoms with E-state index in [0.717, 1.165) is 4.88 Å². The maximum atomic E-state index is 11.5. The summed E-state index contributed by atoms with van der Waals surface area (Å²) < 4.78 is 0. The van der Waals surface area contributed by atoms with E-state index in [1.54, 1.807) is 25.4 Å². The molecule has 0 spiro atoms. The first kappa shape index (κ1) is 10.5. The van der Waals surface area contributed by atoms with Crippen molar-refractivity contribution in [3.8, 4) is 0 Å². The van der Waals surface area contributed by atoms with Crippen molar-refractivity contribution in [2.75, 3.05) is 14.1 Å². The highest BCUT2D eigenvalue weighted by Crippen LogP contribution is 2.28. The molecule has 2 nitrogen and oxygen atoms in total. The van der Waals surface area contributed by atoms with Crippen LogP contribution in [-0.4, -0.2) is 24.9 Å². The van der Waals surface area contributed by atoms with Crippen molar-refractivity contribution in [2.24, 2.45) is 0 Å². The molecule has 1 heterocycles. The van der Waals surface area contributed by atoms with Gasteiger partial charge in [-0.05, 0) is 19.1 Å². The molecule has 1 aromatic heterocycles. The van der Waals surface area contributed by atoms with E-state index in [9.17, 15) is 4.79 Å². The minimum atomic E-state index is -0.534. The van der Waals surface area contributed by atoms with Gasteiger partial charge in [-0.15, -0.1) is 22.9 Å². The maximum absolute atomic E-state index is 11.5. The SMILES string of the molecule is Cc1ccc(C(Cl)C(=O)N(C)C)s1. The second kappa shape index (κ2) is 4.11. The molecule has 0 saturated carbocycles. The fraction of sp³-hybridized carbons (Fsp3) is 0.444. The molecule has 0 N–H and O–H groups in total. The molecule has 0 saturated heterocycles. The predicted octanol–water partition coefficient (Wildman–Crippen LogP) is 2.42. The lowest BCUT2D eigenvalue weighted by Gasteiger charge is -2.13. The average molecular weight is 218 g/mol. The minimum Gasteiger partial charge on any atom is -0.347 e. The van der Waals surface area contributed by atoms with Crippen LogP contribution in [0.2, 0.25) is 0 Å². The molecule has 0 aliphatic heterocycles. The predicted molar refractivity (Wildman–Crippen MR) is 56.3 cm³/mol. The minimum absolute atomic E-state index is 0.0662. The van der Waals surface area contributed by atoms with Gasteiger partial charge < -0.3 is 4.90 Å². The monoisotopic (exact) mass is 217 g/mol. The van der Waals surface area contributed by atoms with Crippen molar-refractivity contribution in [2.45, 2.75) is 12.3 Å². The van der Waals surface area contributed by atoms with E-state index < -0.39 is 5.38 Å². The Morgan fingerprint density at radius 3 is 2.54 bits per heavy atom. The highest BCUT2D eigenvalue weighted by molar-refractivity contribution is 7.12. The highest BCUT2D eigenvalue weighted by Gasteiger charge is 2.20. The van der Waals surface area contributed by atoms with Gasteiger partial charge in [-0.3, -0.25) is 4.79 Å². The van der Waals surface area contributed by atoms with Gasteiger partial charge in [-0.2, -0.15) is 0 Å². The van der Waals surface area contributed by atoms with Gasteiger partial charge in [0.2, 0.25) is 5.91 Å². The summed E-state index contributed by atoms with van der Waals surface area (Å²) in [5.41, 5.74) is 0. The first-order valence-electron chi connectivity index (χ1n) is 3.94. The molecule has 1 amide bonds. The Morgan fingerprint density at radius 1 is 1.54 bits per heavy atom. The van der Waals surface area contributed by atoms with Crippen LogP contribution in [-0.2, 0) is 4.79 Å². The summed E-state index contributed by atoms with van der Waals surface area (Å²) >= 11 is 7.55. The van der Waals surface area contributed by atoms with E-state index in [1.165, 1.54) is 9.78 Å².